The fourth-order valence-electron chi connectivity index (χ4n) is 4.35. The number of benzene rings is 2. The van der Waals surface area contributed by atoms with E-state index in [1.165, 1.54) is 31.3 Å². The van der Waals surface area contributed by atoms with Crippen molar-refractivity contribution in [2.24, 2.45) is 0 Å². The topological polar surface area (TPSA) is 105 Å². The lowest BCUT2D eigenvalue weighted by Crippen LogP contribution is -2.52. The van der Waals surface area contributed by atoms with Crippen LogP contribution in [0.1, 0.15) is 38.2 Å². The van der Waals surface area contributed by atoms with E-state index in [-0.39, 0.29) is 24.2 Å². The van der Waals surface area contributed by atoms with Gasteiger partial charge in [0.2, 0.25) is 21.8 Å². The Labute approximate surface area is 223 Å². The van der Waals surface area contributed by atoms with E-state index in [0.29, 0.717) is 16.5 Å². The first-order valence-electron chi connectivity index (χ1n) is 12.1. The summed E-state index contributed by atoms with van der Waals surface area (Å²) < 4.78 is 37.1. The number of hydrogen-bond donors (Lipinski definition) is 1. The average molecular weight is 552 g/mol. The van der Waals surface area contributed by atoms with Gasteiger partial charge in [0.15, 0.2) is 11.5 Å². The molecule has 0 aliphatic heterocycles. The summed E-state index contributed by atoms with van der Waals surface area (Å²) in [5, 5.41) is 3.58. The van der Waals surface area contributed by atoms with Gasteiger partial charge in [-0.05, 0) is 49.6 Å². The maximum atomic E-state index is 13.7. The molecule has 2 aromatic carbocycles. The highest BCUT2D eigenvalue weighted by atomic mass is 35.5. The number of methoxy groups -OCH3 is 2. The van der Waals surface area contributed by atoms with Crippen LogP contribution in [0.15, 0.2) is 42.5 Å². The number of halogens is 1. The molecule has 11 heteroatoms. The van der Waals surface area contributed by atoms with Crippen molar-refractivity contribution >= 4 is 39.1 Å². The molecule has 0 saturated heterocycles. The van der Waals surface area contributed by atoms with Gasteiger partial charge in [0.1, 0.15) is 12.6 Å². The highest BCUT2D eigenvalue weighted by Crippen LogP contribution is 2.32. The van der Waals surface area contributed by atoms with E-state index in [0.717, 1.165) is 41.8 Å². The number of amides is 2. The van der Waals surface area contributed by atoms with Crippen LogP contribution >= 0.6 is 11.6 Å². The molecule has 0 radical (unpaired) electrons. The highest BCUT2D eigenvalue weighted by Gasteiger charge is 2.31. The van der Waals surface area contributed by atoms with Crippen LogP contribution < -0.4 is 19.1 Å². The summed E-state index contributed by atoms with van der Waals surface area (Å²) in [6.07, 6.45) is 4.95. The molecule has 0 heterocycles. The van der Waals surface area contributed by atoms with E-state index in [9.17, 15) is 18.0 Å². The van der Waals surface area contributed by atoms with Crippen molar-refractivity contribution in [3.63, 3.8) is 0 Å². The second kappa shape index (κ2) is 12.5. The highest BCUT2D eigenvalue weighted by molar-refractivity contribution is 7.92. The van der Waals surface area contributed by atoms with Gasteiger partial charge in [-0.25, -0.2) is 8.42 Å². The molecule has 2 aromatic rings. The Kier molecular flexibility index (Phi) is 9.67. The fourth-order valence-corrected chi connectivity index (χ4v) is 5.32. The third kappa shape index (κ3) is 7.52. The maximum Gasteiger partial charge on any atom is 0.244 e. The zero-order valence-corrected chi connectivity index (χ0v) is 23.1. The number of hydrogen-bond acceptors (Lipinski definition) is 6. The Morgan fingerprint density at radius 1 is 1.05 bits per heavy atom. The van der Waals surface area contributed by atoms with Crippen molar-refractivity contribution in [2.45, 2.75) is 51.2 Å². The molecule has 1 aliphatic carbocycles. The summed E-state index contributed by atoms with van der Waals surface area (Å²) >= 11 is 6.01. The minimum atomic E-state index is -3.86. The van der Waals surface area contributed by atoms with Gasteiger partial charge in [0.05, 0.1) is 26.2 Å². The minimum absolute atomic E-state index is 0.0849. The Balaban J connectivity index is 1.90. The van der Waals surface area contributed by atoms with Gasteiger partial charge in [-0.3, -0.25) is 13.9 Å². The Morgan fingerprint density at radius 2 is 1.68 bits per heavy atom. The SMILES string of the molecule is COc1ccc(N(CC(=O)N(Cc2ccc(Cl)cc2)[C@@H](C)C(=O)NC2CCCC2)S(C)(=O)=O)cc1OC. The predicted octanol–water partition coefficient (Wildman–Crippen LogP) is 3.60. The van der Waals surface area contributed by atoms with Crippen molar-refractivity contribution in [2.75, 3.05) is 31.3 Å². The molecule has 202 valence electrons. The second-order valence-corrected chi connectivity index (χ2v) is 11.5. The van der Waals surface area contributed by atoms with Crippen LogP contribution in [0.3, 0.4) is 0 Å². The molecule has 0 bridgehead atoms. The number of rotatable bonds is 11. The molecule has 1 saturated carbocycles. The first-order valence-corrected chi connectivity index (χ1v) is 14.3. The summed E-state index contributed by atoms with van der Waals surface area (Å²) in [5.74, 6) is -0.0495. The van der Waals surface area contributed by atoms with Crippen LogP contribution in [0.5, 0.6) is 11.5 Å². The van der Waals surface area contributed by atoms with E-state index in [4.69, 9.17) is 21.1 Å². The van der Waals surface area contributed by atoms with Gasteiger partial charge in [-0.1, -0.05) is 36.6 Å². The van der Waals surface area contributed by atoms with Gasteiger partial charge >= 0.3 is 0 Å². The minimum Gasteiger partial charge on any atom is -0.493 e. The number of sulfonamides is 1. The molecule has 0 unspecified atom stereocenters. The van der Waals surface area contributed by atoms with Gasteiger partial charge < -0.3 is 19.7 Å². The molecule has 1 atom stereocenters. The number of ether oxygens (including phenoxy) is 2. The molecule has 9 nitrogen and oxygen atoms in total. The molecular weight excluding hydrogens is 518 g/mol. The summed E-state index contributed by atoms with van der Waals surface area (Å²) in [6.45, 7) is 1.26. The van der Waals surface area contributed by atoms with Crippen molar-refractivity contribution in [3.05, 3.63) is 53.1 Å². The van der Waals surface area contributed by atoms with Gasteiger partial charge in [-0.2, -0.15) is 0 Å². The summed E-state index contributed by atoms with van der Waals surface area (Å²) in [7, 11) is -0.948. The Bertz CT molecular complexity index is 1200. The lowest BCUT2D eigenvalue weighted by atomic mass is 10.1. The van der Waals surface area contributed by atoms with Crippen LogP contribution in [0.25, 0.3) is 0 Å². The van der Waals surface area contributed by atoms with Crippen LogP contribution in [-0.2, 0) is 26.2 Å². The van der Waals surface area contributed by atoms with E-state index < -0.39 is 28.5 Å². The summed E-state index contributed by atoms with van der Waals surface area (Å²) in [5.41, 5.74) is 0.998. The first-order chi connectivity index (χ1) is 17.5. The first kappa shape index (κ1) is 28.6. The third-order valence-corrected chi connectivity index (χ3v) is 7.86. The second-order valence-electron chi connectivity index (χ2n) is 9.12. The standard InChI is InChI=1S/C26H34ClN3O6S/c1-18(26(32)28-21-7-5-6-8-21)29(16-19-9-11-20(27)12-10-19)25(31)17-30(37(4,33)34)22-13-14-23(35-2)24(15-22)36-3/h9-15,18,21H,5-8,16-17H2,1-4H3,(H,28,32)/t18-/m0/s1. The Hall–Kier alpha value is -2.98. The van der Waals surface area contributed by atoms with E-state index in [1.54, 1.807) is 37.3 Å². The van der Waals surface area contributed by atoms with Crippen LogP contribution in [-0.4, -0.2) is 64.2 Å². The van der Waals surface area contributed by atoms with Crippen LogP contribution in [0.2, 0.25) is 5.02 Å². The number of anilines is 1. The molecule has 1 N–H and O–H groups in total. The average Bonchev–Trinajstić information content (AvgIpc) is 3.38. The summed E-state index contributed by atoms with van der Waals surface area (Å²) in [6, 6.07) is 10.8. The summed E-state index contributed by atoms with van der Waals surface area (Å²) in [4.78, 5) is 28.2. The maximum absolute atomic E-state index is 13.7. The van der Waals surface area contributed by atoms with E-state index in [1.807, 2.05) is 0 Å². The lowest BCUT2D eigenvalue weighted by Gasteiger charge is -2.32. The zero-order valence-electron chi connectivity index (χ0n) is 21.6. The number of carbonyl (C=O) groups excluding carboxylic acids is 2. The quantitative estimate of drug-likeness (QED) is 0.457. The zero-order chi connectivity index (χ0) is 27.2. The van der Waals surface area contributed by atoms with Crippen molar-refractivity contribution in [1.29, 1.82) is 0 Å². The lowest BCUT2D eigenvalue weighted by molar-refractivity contribution is -0.139. The monoisotopic (exact) mass is 551 g/mol. The predicted molar refractivity (Wildman–Crippen MR) is 144 cm³/mol. The number of nitrogens with one attached hydrogen (secondary N) is 1. The molecule has 3 rings (SSSR count). The molecule has 1 fully saturated rings. The number of nitrogens with zero attached hydrogens (tertiary/aromatic N) is 2. The van der Waals surface area contributed by atoms with Crippen LogP contribution in [0.4, 0.5) is 5.69 Å². The molecule has 1 aliphatic rings. The van der Waals surface area contributed by atoms with Gasteiger partial charge in [0, 0.05) is 23.7 Å². The van der Waals surface area contributed by atoms with E-state index in [2.05, 4.69) is 5.32 Å². The fraction of sp³-hybridized carbons (Fsp3) is 0.462. The van der Waals surface area contributed by atoms with Gasteiger partial charge in [-0.15, -0.1) is 0 Å². The smallest absolute Gasteiger partial charge is 0.244 e. The molecule has 0 aromatic heterocycles. The number of carbonyl (C=O) groups is 2. The molecule has 2 amide bonds. The molecule has 0 spiro atoms. The van der Waals surface area contributed by atoms with Crippen LogP contribution in [0, 0.1) is 0 Å². The van der Waals surface area contributed by atoms with Crippen molar-refractivity contribution in [1.82, 2.24) is 10.2 Å². The normalized spacial score (nSPS) is 14.6. The third-order valence-electron chi connectivity index (χ3n) is 6.47. The van der Waals surface area contributed by atoms with Crippen molar-refractivity contribution in [3.8, 4) is 11.5 Å². The largest absolute Gasteiger partial charge is 0.493 e. The Morgan fingerprint density at radius 3 is 2.24 bits per heavy atom. The molecular formula is C26H34ClN3O6S. The van der Waals surface area contributed by atoms with Gasteiger partial charge in [0.25, 0.3) is 0 Å². The van der Waals surface area contributed by atoms with Crippen molar-refractivity contribution < 1.29 is 27.5 Å². The van der Waals surface area contributed by atoms with E-state index >= 15 is 0 Å². The molecule has 37 heavy (non-hydrogen) atoms.